The lowest BCUT2D eigenvalue weighted by Gasteiger charge is -2.22. The van der Waals surface area contributed by atoms with E-state index in [1.165, 1.54) is 97.5 Å². The minimum absolute atomic E-state index is 0.890. The molecular weight excluding hydrogens is 1020 g/mol. The van der Waals surface area contributed by atoms with Gasteiger partial charge in [0.2, 0.25) is 0 Å². The van der Waals surface area contributed by atoms with Crippen LogP contribution in [0, 0.1) is 20.8 Å². The van der Waals surface area contributed by atoms with Gasteiger partial charge >= 0.3 is 0 Å². The zero-order valence-corrected chi connectivity index (χ0v) is 46.9. The summed E-state index contributed by atoms with van der Waals surface area (Å²) in [6.07, 6.45) is 6.89. The Hall–Kier alpha value is -10.7. The summed E-state index contributed by atoms with van der Waals surface area (Å²) >= 11 is 0. The number of ether oxygens (including phenoxy) is 3. The largest absolute Gasteiger partial charge is 0.456 e. The average molecular weight is 1080 g/mol. The van der Waals surface area contributed by atoms with Crippen LogP contribution in [0.25, 0.3) is 135 Å². The third-order valence-electron chi connectivity index (χ3n) is 17.5. The molecule has 0 fully saturated rings. The van der Waals surface area contributed by atoms with Crippen LogP contribution >= 0.6 is 0 Å². The van der Waals surface area contributed by atoms with Crippen molar-refractivity contribution >= 4 is 135 Å². The first kappa shape index (κ1) is 49.1. The fourth-order valence-corrected chi connectivity index (χ4v) is 13.5. The highest BCUT2D eigenvalue weighted by atomic mass is 16.5. The van der Waals surface area contributed by atoms with Crippen molar-refractivity contribution in [3.8, 4) is 34.5 Å². The molecule has 0 aromatic heterocycles. The summed E-state index contributed by atoms with van der Waals surface area (Å²) in [5.74, 6) is 5.56. The van der Waals surface area contributed by atoms with E-state index in [1.54, 1.807) is 0 Å². The molecule has 0 radical (unpaired) electrons. The second kappa shape index (κ2) is 18.9. The first-order chi connectivity index (χ1) is 41.1. The highest BCUT2D eigenvalue weighted by molar-refractivity contribution is 6.18. The van der Waals surface area contributed by atoms with Gasteiger partial charge in [-0.15, -0.1) is 0 Å². The highest BCUT2D eigenvalue weighted by Gasteiger charge is 2.24. The Morgan fingerprint density at radius 3 is 1.18 bits per heavy atom. The van der Waals surface area contributed by atoms with Crippen LogP contribution < -0.4 is 45.5 Å². The van der Waals surface area contributed by atoms with Crippen molar-refractivity contribution in [1.29, 1.82) is 0 Å². The molecule has 0 aliphatic carbocycles. The van der Waals surface area contributed by atoms with Crippen LogP contribution in [0.15, 0.2) is 218 Å². The van der Waals surface area contributed by atoms with Gasteiger partial charge in [-0.2, -0.15) is 0 Å². The molecule has 3 heterocycles. The van der Waals surface area contributed by atoms with Crippen molar-refractivity contribution in [2.75, 3.05) is 0 Å². The van der Waals surface area contributed by atoms with E-state index in [1.807, 2.05) is 6.07 Å². The summed E-state index contributed by atoms with van der Waals surface area (Å²) in [5.41, 5.74) is 7.19. The van der Waals surface area contributed by atoms with Crippen LogP contribution in [0.2, 0.25) is 0 Å². The van der Waals surface area contributed by atoms with Crippen molar-refractivity contribution in [2.45, 2.75) is 20.8 Å². The van der Waals surface area contributed by atoms with Gasteiger partial charge in [0.1, 0.15) is 34.5 Å². The Balaban J connectivity index is 0.000000104. The zero-order valence-electron chi connectivity index (χ0n) is 46.9. The molecule has 3 aliphatic heterocycles. The summed E-state index contributed by atoms with van der Waals surface area (Å²) in [5, 5.41) is 28.3. The standard InChI is InChI=1S/C31H20O.C27H18O.C23H16O/c1-18-11-13-24-26(15-18)20-7-3-5-9-22(20)28-17-29-23-10-6-4-8-21(23)27-16-19(2)12-14-25(27)31(29)32-30(24)28;1-16-11-12-22-23(13-16)20-9-5-6-10-21(20)25-15-24-19-8-4-3-7-18(19)17(2)14-26(24)28-27(22)25;1-14-11-22-20(18-9-5-3-7-16(14)18)13-21-19-10-6-4-8-17(19)15(2)12-23(21)24-22/h3-17H,1H2,2H3;3-15H,1H2,2H3;3-13H,1H2,2H3. The molecule has 0 N–H and O–H groups in total. The molecule has 0 unspecified atom stereocenters. The Labute approximate surface area is 484 Å². The van der Waals surface area contributed by atoms with Crippen molar-refractivity contribution in [3.05, 3.63) is 283 Å². The molecule has 0 spiro atoms. The number of fused-ring (bicyclic) bond motifs is 27. The minimum atomic E-state index is 0.890. The number of rotatable bonds is 0. The first-order valence-electron chi connectivity index (χ1n) is 28.7. The van der Waals surface area contributed by atoms with Gasteiger partial charge in [0, 0.05) is 48.5 Å². The maximum atomic E-state index is 6.85. The molecule has 3 heteroatoms. The molecule has 0 bridgehead atoms. The fourth-order valence-electron chi connectivity index (χ4n) is 13.5. The Morgan fingerprint density at radius 2 is 0.631 bits per heavy atom. The second-order valence-electron chi connectivity index (χ2n) is 22.7. The first-order valence-corrected chi connectivity index (χ1v) is 28.7. The Morgan fingerprint density at radius 1 is 0.250 bits per heavy atom. The van der Waals surface area contributed by atoms with E-state index in [0.717, 1.165) is 98.7 Å². The van der Waals surface area contributed by atoms with Crippen molar-refractivity contribution < 1.29 is 14.2 Å². The molecule has 0 amide bonds. The van der Waals surface area contributed by atoms with Crippen LogP contribution in [-0.4, -0.2) is 0 Å². The molecule has 3 aliphatic rings. The summed E-state index contributed by atoms with van der Waals surface area (Å²) in [4.78, 5) is 0. The topological polar surface area (TPSA) is 27.7 Å². The Bertz CT molecular complexity index is 5810. The molecule has 84 heavy (non-hydrogen) atoms. The normalized spacial score (nSPS) is 12.5. The van der Waals surface area contributed by atoms with Crippen LogP contribution in [-0.2, 0) is 0 Å². The minimum Gasteiger partial charge on any atom is -0.456 e. The van der Waals surface area contributed by atoms with Crippen molar-refractivity contribution in [2.24, 2.45) is 0 Å². The van der Waals surface area contributed by atoms with Crippen LogP contribution in [0.4, 0.5) is 0 Å². The van der Waals surface area contributed by atoms with Gasteiger partial charge in [0.25, 0.3) is 0 Å². The third-order valence-corrected chi connectivity index (χ3v) is 17.5. The van der Waals surface area contributed by atoms with Gasteiger partial charge in [-0.25, -0.2) is 0 Å². The lowest BCUT2D eigenvalue weighted by molar-refractivity contribution is 0.475. The van der Waals surface area contributed by atoms with Crippen LogP contribution in [0.5, 0.6) is 34.5 Å². The molecule has 0 atom stereocenters. The summed E-state index contributed by atoms with van der Waals surface area (Å²) < 4.78 is 19.7. The van der Waals surface area contributed by atoms with E-state index in [9.17, 15) is 0 Å². The van der Waals surface area contributed by atoms with Gasteiger partial charge in [-0.05, 0) is 177 Å². The fraction of sp³-hybridized carbons (Fsp3) is 0.0370. The molecule has 15 aromatic carbocycles. The van der Waals surface area contributed by atoms with Gasteiger partial charge in [-0.3, -0.25) is 0 Å². The van der Waals surface area contributed by atoms with Crippen molar-refractivity contribution in [3.63, 3.8) is 0 Å². The molecular formula is C81H54O3. The number of benzene rings is 15. The van der Waals surface area contributed by atoms with Crippen LogP contribution in [0.3, 0.4) is 0 Å². The average Bonchev–Trinajstić information content (AvgIpc) is 1.89. The summed E-state index contributed by atoms with van der Waals surface area (Å²) in [7, 11) is 0. The lowest BCUT2D eigenvalue weighted by atomic mass is 9.91. The SMILES string of the molecule is C=c1cc2c(c3ccccc13)=Cc1c(cc(C)c3ccccc13)O2.C=c1ccc2c3c(c4ccccc4c2c1)=Cc1c(c2ccc(C)cc2c2ccccc12)O3.C=c1ccc2c3c(c4ccccc4c2c1)=Cc1c(cc(C)c2ccccc12)O3. The highest BCUT2D eigenvalue weighted by Crippen LogP contribution is 2.46. The number of aryl methyl sites for hydroxylation is 3. The van der Waals surface area contributed by atoms with E-state index in [4.69, 9.17) is 14.2 Å². The van der Waals surface area contributed by atoms with Gasteiger partial charge in [0.15, 0.2) is 0 Å². The van der Waals surface area contributed by atoms with E-state index in [2.05, 4.69) is 271 Å². The van der Waals surface area contributed by atoms with E-state index in [0.29, 0.717) is 0 Å². The van der Waals surface area contributed by atoms with E-state index < -0.39 is 0 Å². The molecule has 18 rings (SSSR count). The predicted molar refractivity (Wildman–Crippen MR) is 356 cm³/mol. The van der Waals surface area contributed by atoms with Gasteiger partial charge in [0.05, 0.1) is 0 Å². The molecule has 0 saturated heterocycles. The molecule has 3 nitrogen and oxygen atoms in total. The summed E-state index contributed by atoms with van der Waals surface area (Å²) in [6.45, 7) is 18.9. The summed E-state index contributed by atoms with van der Waals surface area (Å²) in [6, 6.07) is 77.0. The molecule has 0 saturated carbocycles. The van der Waals surface area contributed by atoms with E-state index in [-0.39, 0.29) is 0 Å². The number of hydrogen-bond donors (Lipinski definition) is 0. The molecule has 396 valence electrons. The smallest absolute Gasteiger partial charge is 0.143 e. The predicted octanol–water partition coefficient (Wildman–Crippen LogP) is 17.4. The third kappa shape index (κ3) is 7.66. The monoisotopic (exact) mass is 1070 g/mol. The van der Waals surface area contributed by atoms with E-state index >= 15 is 0 Å². The lowest BCUT2D eigenvalue weighted by Crippen LogP contribution is -2.17. The number of hydrogen-bond acceptors (Lipinski definition) is 3. The second-order valence-corrected chi connectivity index (χ2v) is 22.7. The molecule has 15 aromatic rings. The quantitative estimate of drug-likeness (QED) is 0.142. The van der Waals surface area contributed by atoms with Gasteiger partial charge in [-0.1, -0.05) is 213 Å². The maximum absolute atomic E-state index is 6.85. The zero-order chi connectivity index (χ0) is 56.5. The maximum Gasteiger partial charge on any atom is 0.143 e. The van der Waals surface area contributed by atoms with Gasteiger partial charge < -0.3 is 14.2 Å². The van der Waals surface area contributed by atoms with Crippen molar-refractivity contribution in [1.82, 2.24) is 0 Å². The Kier molecular flexibility index (Phi) is 11.1. The van der Waals surface area contributed by atoms with Crippen LogP contribution in [0.1, 0.15) is 33.4 Å².